The molecule has 0 saturated heterocycles. The lowest BCUT2D eigenvalue weighted by Gasteiger charge is -2.42. The normalized spacial score (nSPS) is 14.8. The molecule has 118 valence electrons. The van der Waals surface area contributed by atoms with Crippen LogP contribution >= 0.6 is 0 Å². The Bertz CT molecular complexity index is 310. The highest BCUT2D eigenvalue weighted by Crippen LogP contribution is 2.49. The van der Waals surface area contributed by atoms with Crippen LogP contribution in [0, 0.1) is 10.8 Å². The van der Waals surface area contributed by atoms with Crippen molar-refractivity contribution in [1.82, 2.24) is 0 Å². The molecule has 0 aromatic carbocycles. The summed E-state index contributed by atoms with van der Waals surface area (Å²) in [6.45, 7) is 7.52. The van der Waals surface area contributed by atoms with Crippen LogP contribution in [0.25, 0.3) is 0 Å². The first-order valence-electron chi connectivity index (χ1n) is 7.79. The Kier molecular flexibility index (Phi) is 7.84. The molecule has 0 aliphatic heterocycles. The molecule has 0 fully saturated rings. The molecule has 1 atom stereocenters. The van der Waals surface area contributed by atoms with E-state index in [4.69, 9.17) is 0 Å². The van der Waals surface area contributed by atoms with Gasteiger partial charge in [0, 0.05) is 0 Å². The van der Waals surface area contributed by atoms with Crippen LogP contribution in [0.2, 0.25) is 0 Å². The fourth-order valence-corrected chi connectivity index (χ4v) is 3.15. The van der Waals surface area contributed by atoms with Gasteiger partial charge >= 0.3 is 11.9 Å². The molecule has 4 nitrogen and oxygen atoms in total. The second-order valence-electron chi connectivity index (χ2n) is 5.95. The van der Waals surface area contributed by atoms with E-state index in [1.165, 1.54) is 6.42 Å². The molecule has 0 radical (unpaired) electrons. The zero-order valence-corrected chi connectivity index (χ0v) is 13.4. The van der Waals surface area contributed by atoms with Gasteiger partial charge in [0.2, 0.25) is 0 Å². The van der Waals surface area contributed by atoms with Gasteiger partial charge in [-0.15, -0.1) is 0 Å². The van der Waals surface area contributed by atoms with Crippen molar-refractivity contribution in [2.75, 3.05) is 0 Å². The lowest BCUT2D eigenvalue weighted by molar-refractivity contribution is -0.177. The molecule has 0 spiro atoms. The van der Waals surface area contributed by atoms with Gasteiger partial charge in [0.25, 0.3) is 0 Å². The lowest BCUT2D eigenvalue weighted by Crippen LogP contribution is -2.51. The lowest BCUT2D eigenvalue weighted by atomic mass is 9.59. The molecular weight excluding hydrogens is 256 g/mol. The molecule has 0 rings (SSSR count). The van der Waals surface area contributed by atoms with Gasteiger partial charge in [-0.05, 0) is 24.7 Å². The smallest absolute Gasteiger partial charge is 0.321 e. The van der Waals surface area contributed by atoms with Gasteiger partial charge in [0.05, 0.1) is 0 Å². The van der Waals surface area contributed by atoms with Crippen molar-refractivity contribution in [3.63, 3.8) is 0 Å². The van der Waals surface area contributed by atoms with Crippen LogP contribution in [0.15, 0.2) is 0 Å². The van der Waals surface area contributed by atoms with E-state index in [1.54, 1.807) is 6.92 Å². The van der Waals surface area contributed by atoms with E-state index in [9.17, 15) is 19.8 Å². The molecule has 2 N–H and O–H groups in total. The molecule has 0 heterocycles. The van der Waals surface area contributed by atoms with E-state index in [1.807, 2.05) is 13.8 Å². The van der Waals surface area contributed by atoms with Crippen molar-refractivity contribution >= 4 is 11.9 Å². The average Bonchev–Trinajstić information content (AvgIpc) is 2.38. The van der Waals surface area contributed by atoms with E-state index >= 15 is 0 Å². The van der Waals surface area contributed by atoms with Crippen LogP contribution in [0.5, 0.6) is 0 Å². The average molecular weight is 286 g/mol. The summed E-state index contributed by atoms with van der Waals surface area (Å²) >= 11 is 0. The van der Waals surface area contributed by atoms with E-state index in [0.29, 0.717) is 12.8 Å². The maximum atomic E-state index is 11.7. The molecule has 0 amide bonds. The summed E-state index contributed by atoms with van der Waals surface area (Å²) in [6.07, 6.45) is 6.75. The van der Waals surface area contributed by atoms with Gasteiger partial charge in [-0.2, -0.15) is 0 Å². The third-order valence-corrected chi connectivity index (χ3v) is 4.90. The van der Waals surface area contributed by atoms with E-state index in [0.717, 1.165) is 25.7 Å². The minimum Gasteiger partial charge on any atom is -0.480 e. The highest BCUT2D eigenvalue weighted by Gasteiger charge is 2.57. The van der Waals surface area contributed by atoms with Crippen LogP contribution in [0.4, 0.5) is 0 Å². The topological polar surface area (TPSA) is 74.6 Å². The molecule has 0 saturated carbocycles. The minimum absolute atomic E-state index is 0.122. The summed E-state index contributed by atoms with van der Waals surface area (Å²) in [5, 5.41) is 19.0. The number of hydrogen-bond acceptors (Lipinski definition) is 2. The van der Waals surface area contributed by atoms with Gasteiger partial charge in [0.15, 0.2) is 5.41 Å². The highest BCUT2D eigenvalue weighted by molar-refractivity contribution is 5.99. The van der Waals surface area contributed by atoms with Crippen LogP contribution in [0.3, 0.4) is 0 Å². The number of aliphatic carboxylic acids is 2. The summed E-state index contributed by atoms with van der Waals surface area (Å²) in [7, 11) is 0. The number of hydrogen-bond donors (Lipinski definition) is 2. The van der Waals surface area contributed by atoms with Gasteiger partial charge in [-0.1, -0.05) is 59.8 Å². The van der Waals surface area contributed by atoms with E-state index in [-0.39, 0.29) is 6.42 Å². The van der Waals surface area contributed by atoms with Crippen LogP contribution in [-0.4, -0.2) is 22.2 Å². The quantitative estimate of drug-likeness (QED) is 0.438. The Balaban J connectivity index is 5.04. The standard InChI is InChI=1S/C16H30O4/c1-5-8-9-10-11-12-15(4,6-2)16(7-3,13(17)18)14(19)20/h5-12H2,1-4H3,(H,17,18)(H,19,20). The Labute approximate surface area is 122 Å². The molecule has 0 aliphatic rings. The molecule has 1 unspecified atom stereocenters. The zero-order valence-electron chi connectivity index (χ0n) is 13.4. The second kappa shape index (κ2) is 8.28. The van der Waals surface area contributed by atoms with Crippen molar-refractivity contribution in [1.29, 1.82) is 0 Å². The highest BCUT2D eigenvalue weighted by atomic mass is 16.4. The molecule has 0 aromatic heterocycles. The zero-order chi connectivity index (χ0) is 15.8. The van der Waals surface area contributed by atoms with Crippen molar-refractivity contribution in [3.05, 3.63) is 0 Å². The van der Waals surface area contributed by atoms with E-state index < -0.39 is 22.8 Å². The summed E-state index contributed by atoms with van der Waals surface area (Å²) in [5.41, 5.74) is -2.38. The number of rotatable bonds is 11. The predicted molar refractivity (Wildman–Crippen MR) is 79.8 cm³/mol. The van der Waals surface area contributed by atoms with Crippen LogP contribution < -0.4 is 0 Å². The van der Waals surface area contributed by atoms with Gasteiger partial charge in [0.1, 0.15) is 0 Å². The molecule has 0 bridgehead atoms. The summed E-state index contributed by atoms with van der Waals surface area (Å²) in [6, 6.07) is 0. The predicted octanol–water partition coefficient (Wildman–Crippen LogP) is 4.33. The summed E-state index contributed by atoms with van der Waals surface area (Å²) < 4.78 is 0. The van der Waals surface area contributed by atoms with Crippen molar-refractivity contribution in [2.45, 2.75) is 79.1 Å². The second-order valence-corrected chi connectivity index (χ2v) is 5.95. The summed E-state index contributed by atoms with van der Waals surface area (Å²) in [5.74, 6) is -2.41. The molecule has 4 heteroatoms. The maximum absolute atomic E-state index is 11.7. The SMILES string of the molecule is CCCCCCCC(C)(CC)C(CC)(C(=O)O)C(=O)O. The van der Waals surface area contributed by atoms with Gasteiger partial charge < -0.3 is 10.2 Å². The van der Waals surface area contributed by atoms with Gasteiger partial charge in [-0.3, -0.25) is 9.59 Å². The number of carboxylic acid groups (broad SMARTS) is 2. The van der Waals surface area contributed by atoms with Crippen LogP contribution in [-0.2, 0) is 9.59 Å². The Morgan fingerprint density at radius 2 is 1.35 bits per heavy atom. The van der Waals surface area contributed by atoms with Crippen molar-refractivity contribution < 1.29 is 19.8 Å². The first kappa shape index (κ1) is 18.9. The fourth-order valence-electron chi connectivity index (χ4n) is 3.15. The number of carboxylic acids is 2. The monoisotopic (exact) mass is 286 g/mol. The Morgan fingerprint density at radius 3 is 1.70 bits per heavy atom. The van der Waals surface area contributed by atoms with Crippen molar-refractivity contribution in [3.8, 4) is 0 Å². The molecule has 0 aliphatic carbocycles. The first-order valence-corrected chi connectivity index (χ1v) is 7.79. The van der Waals surface area contributed by atoms with E-state index in [2.05, 4.69) is 6.92 Å². The van der Waals surface area contributed by atoms with Crippen LogP contribution in [0.1, 0.15) is 79.1 Å². The van der Waals surface area contributed by atoms with Gasteiger partial charge in [-0.25, -0.2) is 0 Å². The fraction of sp³-hybridized carbons (Fsp3) is 0.875. The Hall–Kier alpha value is -1.06. The molecule has 20 heavy (non-hydrogen) atoms. The Morgan fingerprint density at radius 1 is 0.850 bits per heavy atom. The third kappa shape index (κ3) is 3.74. The minimum atomic E-state index is -1.67. The third-order valence-electron chi connectivity index (χ3n) is 4.90. The molecular formula is C16H30O4. The maximum Gasteiger partial charge on any atom is 0.321 e. The van der Waals surface area contributed by atoms with Crippen molar-refractivity contribution in [2.24, 2.45) is 10.8 Å². The molecule has 0 aromatic rings. The summed E-state index contributed by atoms with van der Waals surface area (Å²) in [4.78, 5) is 23.3. The number of carbonyl (C=O) groups is 2. The first-order chi connectivity index (χ1) is 9.32. The largest absolute Gasteiger partial charge is 0.480 e. The number of unbranched alkanes of at least 4 members (excludes halogenated alkanes) is 4.